The largest absolute Gasteiger partial charge is 0.396 e. The second kappa shape index (κ2) is 6.93. The molecule has 0 aliphatic carbocycles. The molecule has 0 heterocycles. The second-order valence-electron chi connectivity index (χ2n) is 4.95. The van der Waals surface area contributed by atoms with Gasteiger partial charge in [-0.15, -0.1) is 0 Å². The van der Waals surface area contributed by atoms with E-state index < -0.39 is 17.7 Å². The summed E-state index contributed by atoms with van der Waals surface area (Å²) in [7, 11) is 0. The summed E-state index contributed by atoms with van der Waals surface area (Å²) < 4.78 is 26.3. The maximum Gasteiger partial charge on any atom is 0.131 e. The Morgan fingerprint density at radius 2 is 2.05 bits per heavy atom. The highest BCUT2D eigenvalue weighted by Crippen LogP contribution is 2.20. The minimum Gasteiger partial charge on any atom is -0.396 e. The van der Waals surface area contributed by atoms with Gasteiger partial charge in [0.25, 0.3) is 0 Å². The monoisotopic (exact) mass is 273 g/mol. The van der Waals surface area contributed by atoms with Crippen LogP contribution >= 0.6 is 0 Å². The van der Waals surface area contributed by atoms with Gasteiger partial charge in [-0.2, -0.15) is 0 Å². The van der Waals surface area contributed by atoms with Crippen molar-refractivity contribution in [3.8, 4) is 0 Å². The Morgan fingerprint density at radius 3 is 2.58 bits per heavy atom. The van der Waals surface area contributed by atoms with Gasteiger partial charge in [0.2, 0.25) is 0 Å². The smallest absolute Gasteiger partial charge is 0.131 e. The maximum absolute atomic E-state index is 13.5. The zero-order valence-electron chi connectivity index (χ0n) is 11.3. The van der Waals surface area contributed by atoms with Gasteiger partial charge in [0.05, 0.1) is 6.10 Å². The molecule has 0 aliphatic heterocycles. The molecular weight excluding hydrogens is 252 g/mol. The summed E-state index contributed by atoms with van der Waals surface area (Å²) in [6, 6.07) is 3.12. The van der Waals surface area contributed by atoms with Gasteiger partial charge in [0.15, 0.2) is 0 Å². The zero-order valence-corrected chi connectivity index (χ0v) is 11.3. The molecule has 1 aromatic carbocycles. The lowest BCUT2D eigenvalue weighted by Crippen LogP contribution is -2.44. The third-order valence-corrected chi connectivity index (χ3v) is 3.49. The molecular formula is C14H21F2NO2. The van der Waals surface area contributed by atoms with Crippen LogP contribution < -0.4 is 5.32 Å². The molecule has 1 aromatic rings. The molecule has 3 N–H and O–H groups in total. The first-order chi connectivity index (χ1) is 8.91. The van der Waals surface area contributed by atoms with E-state index in [0.717, 1.165) is 18.6 Å². The normalized spacial score (nSPS) is 16.1. The fraction of sp³-hybridized carbons (Fsp3) is 0.571. The molecule has 3 nitrogen and oxygen atoms in total. The van der Waals surface area contributed by atoms with Gasteiger partial charge in [-0.3, -0.25) is 0 Å². The molecule has 0 amide bonds. The third-order valence-electron chi connectivity index (χ3n) is 3.49. The second-order valence-corrected chi connectivity index (χ2v) is 4.95. The minimum atomic E-state index is -1.05. The summed E-state index contributed by atoms with van der Waals surface area (Å²) in [5, 5.41) is 22.0. The summed E-state index contributed by atoms with van der Waals surface area (Å²) in [5.41, 5.74) is -0.247. The Morgan fingerprint density at radius 1 is 1.37 bits per heavy atom. The van der Waals surface area contributed by atoms with Crippen molar-refractivity contribution in [1.29, 1.82) is 0 Å². The van der Waals surface area contributed by atoms with Crippen LogP contribution in [0.2, 0.25) is 0 Å². The summed E-state index contributed by atoms with van der Waals surface area (Å²) >= 11 is 0. The number of halogens is 2. The maximum atomic E-state index is 13.5. The van der Waals surface area contributed by atoms with E-state index in [9.17, 15) is 13.9 Å². The van der Waals surface area contributed by atoms with Crippen molar-refractivity contribution in [2.45, 2.75) is 38.3 Å². The molecule has 0 bridgehead atoms. The SMILES string of the molecule is CCC(C)(CCO)NCC(O)c1ccc(F)cc1F. The van der Waals surface area contributed by atoms with E-state index in [-0.39, 0.29) is 24.3 Å². The molecule has 19 heavy (non-hydrogen) atoms. The highest BCUT2D eigenvalue weighted by molar-refractivity contribution is 5.21. The number of aliphatic hydroxyl groups is 2. The van der Waals surface area contributed by atoms with E-state index in [4.69, 9.17) is 5.11 Å². The van der Waals surface area contributed by atoms with E-state index in [1.165, 1.54) is 6.07 Å². The van der Waals surface area contributed by atoms with Crippen LogP contribution in [-0.4, -0.2) is 28.9 Å². The average molecular weight is 273 g/mol. The summed E-state index contributed by atoms with van der Waals surface area (Å²) in [6.45, 7) is 4.08. The Bertz CT molecular complexity index is 414. The number of aliphatic hydroxyl groups excluding tert-OH is 2. The van der Waals surface area contributed by atoms with Crippen LogP contribution in [0.25, 0.3) is 0 Å². The van der Waals surface area contributed by atoms with Crippen LogP contribution in [-0.2, 0) is 0 Å². The van der Waals surface area contributed by atoms with Crippen LogP contribution in [0.4, 0.5) is 8.78 Å². The van der Waals surface area contributed by atoms with Crippen LogP contribution in [0.1, 0.15) is 38.4 Å². The predicted molar refractivity (Wildman–Crippen MR) is 69.7 cm³/mol. The lowest BCUT2D eigenvalue weighted by molar-refractivity contribution is 0.142. The van der Waals surface area contributed by atoms with Crippen molar-refractivity contribution in [3.63, 3.8) is 0 Å². The Balaban J connectivity index is 2.66. The van der Waals surface area contributed by atoms with Crippen molar-refractivity contribution in [1.82, 2.24) is 5.32 Å². The van der Waals surface area contributed by atoms with E-state index in [0.29, 0.717) is 6.42 Å². The molecule has 2 unspecified atom stereocenters. The van der Waals surface area contributed by atoms with Crippen molar-refractivity contribution < 1.29 is 19.0 Å². The molecule has 0 fully saturated rings. The molecule has 0 saturated carbocycles. The van der Waals surface area contributed by atoms with Crippen molar-refractivity contribution >= 4 is 0 Å². The van der Waals surface area contributed by atoms with E-state index >= 15 is 0 Å². The molecule has 0 aliphatic rings. The number of benzene rings is 1. The molecule has 1 rings (SSSR count). The molecule has 0 saturated heterocycles. The standard InChI is InChI=1S/C14H21F2NO2/c1-3-14(2,6-7-18)17-9-13(19)11-5-4-10(15)8-12(11)16/h4-5,8,13,17-19H,3,6-7,9H2,1-2H3. The summed E-state index contributed by atoms with van der Waals surface area (Å²) in [4.78, 5) is 0. The lowest BCUT2D eigenvalue weighted by atomic mass is 9.94. The minimum absolute atomic E-state index is 0.0400. The third kappa shape index (κ3) is 4.53. The number of β-amino-alcohol motifs (C(OH)–C–C–N with tert-alkyl or cyclic N) is 1. The van der Waals surface area contributed by atoms with Gasteiger partial charge < -0.3 is 15.5 Å². The molecule has 0 radical (unpaired) electrons. The first-order valence-electron chi connectivity index (χ1n) is 6.41. The lowest BCUT2D eigenvalue weighted by Gasteiger charge is -2.30. The quantitative estimate of drug-likeness (QED) is 0.713. The fourth-order valence-corrected chi connectivity index (χ4v) is 1.86. The van der Waals surface area contributed by atoms with Gasteiger partial charge in [-0.05, 0) is 25.8 Å². The molecule has 5 heteroatoms. The number of nitrogens with one attached hydrogen (secondary N) is 1. The van der Waals surface area contributed by atoms with Crippen LogP contribution in [0.5, 0.6) is 0 Å². The van der Waals surface area contributed by atoms with Crippen LogP contribution in [0, 0.1) is 11.6 Å². The van der Waals surface area contributed by atoms with Crippen LogP contribution in [0.15, 0.2) is 18.2 Å². The molecule has 0 aromatic heterocycles. The highest BCUT2D eigenvalue weighted by atomic mass is 19.1. The number of rotatable bonds is 7. The van der Waals surface area contributed by atoms with Gasteiger partial charge in [-0.1, -0.05) is 13.0 Å². The van der Waals surface area contributed by atoms with Gasteiger partial charge in [-0.25, -0.2) is 8.78 Å². The van der Waals surface area contributed by atoms with E-state index in [1.807, 2.05) is 13.8 Å². The fourth-order valence-electron chi connectivity index (χ4n) is 1.86. The zero-order chi connectivity index (χ0) is 14.5. The Labute approximate surface area is 112 Å². The number of hydrogen-bond acceptors (Lipinski definition) is 3. The Kier molecular flexibility index (Phi) is 5.85. The van der Waals surface area contributed by atoms with E-state index in [2.05, 4.69) is 5.32 Å². The number of hydrogen-bond donors (Lipinski definition) is 3. The van der Waals surface area contributed by atoms with Gasteiger partial charge in [0.1, 0.15) is 11.6 Å². The van der Waals surface area contributed by atoms with Crippen molar-refractivity contribution in [3.05, 3.63) is 35.4 Å². The first-order valence-corrected chi connectivity index (χ1v) is 6.41. The average Bonchev–Trinajstić information content (AvgIpc) is 2.36. The summed E-state index contributed by atoms with van der Waals surface area (Å²) in [6.07, 6.45) is 0.263. The van der Waals surface area contributed by atoms with Gasteiger partial charge >= 0.3 is 0 Å². The first kappa shape index (κ1) is 16.0. The van der Waals surface area contributed by atoms with E-state index in [1.54, 1.807) is 0 Å². The summed E-state index contributed by atoms with van der Waals surface area (Å²) in [5.74, 6) is -1.42. The van der Waals surface area contributed by atoms with Crippen LogP contribution in [0.3, 0.4) is 0 Å². The molecule has 2 atom stereocenters. The molecule has 0 spiro atoms. The topological polar surface area (TPSA) is 52.5 Å². The highest BCUT2D eigenvalue weighted by Gasteiger charge is 2.23. The predicted octanol–water partition coefficient (Wildman–Crippen LogP) is 2.14. The van der Waals surface area contributed by atoms with Crippen molar-refractivity contribution in [2.75, 3.05) is 13.2 Å². The molecule has 108 valence electrons. The Hall–Kier alpha value is -1.04. The van der Waals surface area contributed by atoms with Gasteiger partial charge in [0, 0.05) is 30.3 Å². The van der Waals surface area contributed by atoms with Crippen molar-refractivity contribution in [2.24, 2.45) is 0 Å².